The zero-order valence-electron chi connectivity index (χ0n) is 9.99. The van der Waals surface area contributed by atoms with Crippen molar-refractivity contribution in [1.82, 2.24) is 5.32 Å². The second-order valence-corrected chi connectivity index (χ2v) is 5.33. The second kappa shape index (κ2) is 5.45. The number of carbonyl (C=O) groups is 2. The van der Waals surface area contributed by atoms with E-state index in [9.17, 15) is 9.59 Å². The highest BCUT2D eigenvalue weighted by atomic mass is 32.1. The molecule has 1 aromatic heterocycles. The van der Waals surface area contributed by atoms with Crippen LogP contribution in [0.4, 0.5) is 0 Å². The van der Waals surface area contributed by atoms with Crippen LogP contribution in [0.2, 0.25) is 0 Å². The summed E-state index contributed by atoms with van der Waals surface area (Å²) in [6, 6.07) is 2.18. The maximum absolute atomic E-state index is 12.0. The Balaban J connectivity index is 1.95. The highest BCUT2D eigenvalue weighted by Crippen LogP contribution is 2.19. The standard InChI is InChI=1S/C13H17NO2S/c1-2-9-7-8-17-12(9)13(16)14-10-3-5-11(15)6-4-10/h7-8,10H,2-6H2,1H3,(H,14,16). The lowest BCUT2D eigenvalue weighted by atomic mass is 9.94. The maximum atomic E-state index is 12.0. The van der Waals surface area contributed by atoms with Gasteiger partial charge in [0.25, 0.3) is 5.91 Å². The number of ketones is 1. The van der Waals surface area contributed by atoms with Crippen LogP contribution in [0, 0.1) is 0 Å². The van der Waals surface area contributed by atoms with Crippen molar-refractivity contribution in [3.63, 3.8) is 0 Å². The molecule has 0 radical (unpaired) electrons. The number of nitrogens with one attached hydrogen (secondary N) is 1. The molecule has 0 bridgehead atoms. The van der Waals surface area contributed by atoms with Crippen molar-refractivity contribution in [2.75, 3.05) is 0 Å². The molecule has 1 N–H and O–H groups in total. The Kier molecular flexibility index (Phi) is 3.94. The molecule has 1 aliphatic carbocycles. The second-order valence-electron chi connectivity index (χ2n) is 4.41. The molecular formula is C13H17NO2S. The average molecular weight is 251 g/mol. The highest BCUT2D eigenvalue weighted by molar-refractivity contribution is 7.12. The van der Waals surface area contributed by atoms with Gasteiger partial charge in [0.05, 0.1) is 4.88 Å². The quantitative estimate of drug-likeness (QED) is 0.897. The fourth-order valence-electron chi connectivity index (χ4n) is 2.15. The number of hydrogen-bond donors (Lipinski definition) is 1. The summed E-state index contributed by atoms with van der Waals surface area (Å²) in [5.41, 5.74) is 1.11. The summed E-state index contributed by atoms with van der Waals surface area (Å²) in [4.78, 5) is 24.0. The van der Waals surface area contributed by atoms with E-state index in [1.54, 1.807) is 0 Å². The number of carbonyl (C=O) groups excluding carboxylic acids is 2. The Labute approximate surface area is 105 Å². The van der Waals surface area contributed by atoms with Crippen molar-refractivity contribution in [3.8, 4) is 0 Å². The van der Waals surface area contributed by atoms with Gasteiger partial charge in [-0.05, 0) is 36.3 Å². The molecule has 0 aromatic carbocycles. The van der Waals surface area contributed by atoms with E-state index in [0.717, 1.165) is 29.7 Å². The topological polar surface area (TPSA) is 46.2 Å². The third-order valence-corrected chi connectivity index (χ3v) is 4.17. The minimum atomic E-state index is 0.0243. The molecule has 92 valence electrons. The monoisotopic (exact) mass is 251 g/mol. The van der Waals surface area contributed by atoms with E-state index in [1.165, 1.54) is 11.3 Å². The van der Waals surface area contributed by atoms with Gasteiger partial charge in [0.1, 0.15) is 5.78 Å². The van der Waals surface area contributed by atoms with Crippen molar-refractivity contribution in [1.29, 1.82) is 0 Å². The number of rotatable bonds is 3. The van der Waals surface area contributed by atoms with E-state index in [0.29, 0.717) is 18.6 Å². The molecule has 0 aliphatic heterocycles. The minimum Gasteiger partial charge on any atom is -0.349 e. The van der Waals surface area contributed by atoms with Gasteiger partial charge in [0.15, 0.2) is 0 Å². The zero-order chi connectivity index (χ0) is 12.3. The summed E-state index contributed by atoms with van der Waals surface area (Å²) in [6.45, 7) is 2.05. The van der Waals surface area contributed by atoms with Gasteiger partial charge in [-0.15, -0.1) is 11.3 Å². The van der Waals surface area contributed by atoms with E-state index in [4.69, 9.17) is 0 Å². The van der Waals surface area contributed by atoms with E-state index in [1.807, 2.05) is 11.4 Å². The first kappa shape index (κ1) is 12.3. The van der Waals surface area contributed by atoms with Crippen LogP contribution in [0.1, 0.15) is 47.8 Å². The van der Waals surface area contributed by atoms with Crippen LogP contribution >= 0.6 is 11.3 Å². The van der Waals surface area contributed by atoms with E-state index < -0.39 is 0 Å². The number of amides is 1. The molecule has 1 heterocycles. The van der Waals surface area contributed by atoms with Crippen LogP contribution < -0.4 is 5.32 Å². The molecule has 0 spiro atoms. The lowest BCUT2D eigenvalue weighted by Gasteiger charge is -2.22. The third kappa shape index (κ3) is 2.94. The zero-order valence-corrected chi connectivity index (χ0v) is 10.8. The van der Waals surface area contributed by atoms with Gasteiger partial charge in [0.2, 0.25) is 0 Å². The van der Waals surface area contributed by atoms with Crippen LogP contribution in [0.5, 0.6) is 0 Å². The first-order valence-electron chi connectivity index (χ1n) is 6.09. The van der Waals surface area contributed by atoms with Crippen LogP contribution in [0.15, 0.2) is 11.4 Å². The van der Waals surface area contributed by atoms with Gasteiger partial charge >= 0.3 is 0 Å². The average Bonchev–Trinajstić information content (AvgIpc) is 2.80. The molecule has 1 saturated carbocycles. The molecule has 1 aromatic rings. The first-order valence-corrected chi connectivity index (χ1v) is 6.97. The van der Waals surface area contributed by atoms with Gasteiger partial charge in [-0.3, -0.25) is 9.59 Å². The number of thiophene rings is 1. The maximum Gasteiger partial charge on any atom is 0.261 e. The SMILES string of the molecule is CCc1ccsc1C(=O)NC1CCC(=O)CC1. The molecule has 3 nitrogen and oxygen atoms in total. The normalized spacial score (nSPS) is 17.1. The molecule has 1 amide bonds. The molecule has 1 fully saturated rings. The third-order valence-electron chi connectivity index (χ3n) is 3.21. The van der Waals surface area contributed by atoms with E-state index in [2.05, 4.69) is 12.2 Å². The molecule has 1 aliphatic rings. The lowest BCUT2D eigenvalue weighted by molar-refractivity contribution is -0.120. The molecule has 0 atom stereocenters. The predicted molar refractivity (Wildman–Crippen MR) is 68.4 cm³/mol. The fourth-order valence-corrected chi connectivity index (χ4v) is 3.05. The summed E-state index contributed by atoms with van der Waals surface area (Å²) in [5, 5.41) is 4.99. The largest absolute Gasteiger partial charge is 0.349 e. The highest BCUT2D eigenvalue weighted by Gasteiger charge is 2.21. The molecule has 17 heavy (non-hydrogen) atoms. The van der Waals surface area contributed by atoms with Gasteiger partial charge in [0, 0.05) is 18.9 Å². The fraction of sp³-hybridized carbons (Fsp3) is 0.538. The van der Waals surface area contributed by atoms with Crippen molar-refractivity contribution in [2.45, 2.75) is 45.1 Å². The van der Waals surface area contributed by atoms with Crippen LogP contribution in [0.25, 0.3) is 0 Å². The van der Waals surface area contributed by atoms with Crippen LogP contribution in [-0.4, -0.2) is 17.7 Å². The summed E-state index contributed by atoms with van der Waals surface area (Å²) in [6.07, 6.45) is 3.68. The van der Waals surface area contributed by atoms with E-state index in [-0.39, 0.29) is 11.9 Å². The van der Waals surface area contributed by atoms with Crippen LogP contribution in [0.3, 0.4) is 0 Å². The molecule has 2 rings (SSSR count). The summed E-state index contributed by atoms with van der Waals surface area (Å²) in [5.74, 6) is 0.345. The Morgan fingerprint density at radius 1 is 1.47 bits per heavy atom. The van der Waals surface area contributed by atoms with Gasteiger partial charge in [-0.2, -0.15) is 0 Å². The van der Waals surface area contributed by atoms with Gasteiger partial charge in [-0.25, -0.2) is 0 Å². The molecule has 4 heteroatoms. The molecular weight excluding hydrogens is 234 g/mol. The number of aryl methyl sites for hydroxylation is 1. The van der Waals surface area contributed by atoms with Crippen molar-refractivity contribution >= 4 is 23.0 Å². The Bertz CT molecular complexity index is 415. The number of Topliss-reactive ketones (excluding diaryl/α,β-unsaturated/α-hetero) is 1. The first-order chi connectivity index (χ1) is 8.20. The number of hydrogen-bond acceptors (Lipinski definition) is 3. The predicted octanol–water partition coefficient (Wildman–Crippen LogP) is 2.55. The Morgan fingerprint density at radius 2 is 2.18 bits per heavy atom. The molecule has 0 unspecified atom stereocenters. The molecule has 0 saturated heterocycles. The summed E-state index contributed by atoms with van der Waals surface area (Å²) >= 11 is 1.49. The van der Waals surface area contributed by atoms with Crippen LogP contribution in [-0.2, 0) is 11.2 Å². The minimum absolute atomic E-state index is 0.0243. The van der Waals surface area contributed by atoms with Crippen molar-refractivity contribution in [2.24, 2.45) is 0 Å². The lowest BCUT2D eigenvalue weighted by Crippen LogP contribution is -2.37. The van der Waals surface area contributed by atoms with E-state index >= 15 is 0 Å². The van der Waals surface area contributed by atoms with Crippen molar-refractivity contribution < 1.29 is 9.59 Å². The Hall–Kier alpha value is -1.16. The summed E-state index contributed by atoms with van der Waals surface area (Å²) < 4.78 is 0. The Morgan fingerprint density at radius 3 is 2.82 bits per heavy atom. The van der Waals surface area contributed by atoms with Crippen molar-refractivity contribution in [3.05, 3.63) is 21.9 Å². The smallest absolute Gasteiger partial charge is 0.261 e. The van der Waals surface area contributed by atoms with Gasteiger partial charge in [-0.1, -0.05) is 6.92 Å². The van der Waals surface area contributed by atoms with Gasteiger partial charge < -0.3 is 5.32 Å². The summed E-state index contributed by atoms with van der Waals surface area (Å²) in [7, 11) is 0.